The summed E-state index contributed by atoms with van der Waals surface area (Å²) in [7, 11) is 0. The van der Waals surface area contributed by atoms with E-state index < -0.39 is 0 Å². The smallest absolute Gasteiger partial charge is 0.0214 e. The summed E-state index contributed by atoms with van der Waals surface area (Å²) in [6, 6.07) is 8.89. The van der Waals surface area contributed by atoms with Crippen LogP contribution in [-0.4, -0.2) is 0 Å². The fraction of sp³-hybridized carbons (Fsp3) is 0.294. The van der Waals surface area contributed by atoms with Gasteiger partial charge in [0.1, 0.15) is 0 Å². The van der Waals surface area contributed by atoms with Crippen LogP contribution in [0.4, 0.5) is 0 Å². The van der Waals surface area contributed by atoms with Crippen LogP contribution >= 0.6 is 0 Å². The van der Waals surface area contributed by atoms with Crippen LogP contribution in [0.5, 0.6) is 0 Å². The van der Waals surface area contributed by atoms with Crippen LogP contribution in [0.15, 0.2) is 60.7 Å². The molecule has 0 N–H and O–H groups in total. The van der Waals surface area contributed by atoms with Crippen LogP contribution in [0.3, 0.4) is 0 Å². The molecule has 0 nitrogen and oxygen atoms in total. The van der Waals surface area contributed by atoms with Crippen molar-refractivity contribution in [2.45, 2.75) is 31.1 Å². The lowest BCUT2D eigenvalue weighted by molar-refractivity contribution is 0.502. The van der Waals surface area contributed by atoms with Crippen molar-refractivity contribution < 1.29 is 0 Å². The van der Waals surface area contributed by atoms with Gasteiger partial charge >= 0.3 is 0 Å². The lowest BCUT2D eigenvalue weighted by Crippen LogP contribution is -2.21. The number of allylic oxidation sites excluding steroid dienone is 4. The maximum absolute atomic E-state index is 4.03. The molecular formula is C17H18. The van der Waals surface area contributed by atoms with E-state index in [1.807, 2.05) is 6.08 Å². The van der Waals surface area contributed by atoms with E-state index in [4.69, 9.17) is 0 Å². The highest BCUT2D eigenvalue weighted by Crippen LogP contribution is 2.53. The van der Waals surface area contributed by atoms with Crippen LogP contribution in [0, 0.1) is 0 Å². The van der Waals surface area contributed by atoms with Gasteiger partial charge in [-0.15, -0.1) is 0 Å². The topological polar surface area (TPSA) is 0 Å². The van der Waals surface area contributed by atoms with E-state index in [-0.39, 0.29) is 5.41 Å². The Labute approximate surface area is 103 Å². The Kier molecular flexibility index (Phi) is 2.32. The number of aryl methyl sites for hydroxylation is 1. The molecule has 2 aliphatic carbocycles. The summed E-state index contributed by atoms with van der Waals surface area (Å²) in [5, 5.41) is 0. The van der Waals surface area contributed by atoms with Gasteiger partial charge in [-0.2, -0.15) is 0 Å². The second-order valence-corrected chi connectivity index (χ2v) is 5.09. The zero-order valence-corrected chi connectivity index (χ0v) is 10.2. The number of benzene rings is 1. The first kappa shape index (κ1) is 10.6. The summed E-state index contributed by atoms with van der Waals surface area (Å²) in [4.78, 5) is 0. The van der Waals surface area contributed by atoms with Crippen LogP contribution < -0.4 is 0 Å². The summed E-state index contributed by atoms with van der Waals surface area (Å²) in [6.07, 6.45) is 8.91. The fourth-order valence-electron chi connectivity index (χ4n) is 3.69. The highest BCUT2D eigenvalue weighted by Gasteiger charge is 2.44. The molecule has 0 saturated heterocycles. The first-order chi connectivity index (χ1) is 8.31. The molecule has 0 fully saturated rings. The highest BCUT2D eigenvalue weighted by atomic mass is 14.5. The summed E-state index contributed by atoms with van der Waals surface area (Å²) in [5.74, 6) is 0. The number of hydrogen-bond donors (Lipinski definition) is 0. The lowest BCUT2D eigenvalue weighted by atomic mass is 9.76. The molecule has 86 valence electrons. The minimum atomic E-state index is 0.252. The Hall–Kier alpha value is -1.56. The van der Waals surface area contributed by atoms with E-state index in [2.05, 4.69) is 43.5 Å². The third-order valence-corrected chi connectivity index (χ3v) is 4.49. The van der Waals surface area contributed by atoms with Crippen molar-refractivity contribution in [1.82, 2.24) is 0 Å². The molecule has 0 heterocycles. The van der Waals surface area contributed by atoms with Gasteiger partial charge in [-0.05, 0) is 48.0 Å². The first-order valence-corrected chi connectivity index (χ1v) is 6.39. The van der Waals surface area contributed by atoms with Crippen molar-refractivity contribution in [3.8, 4) is 0 Å². The molecule has 0 amide bonds. The van der Waals surface area contributed by atoms with Crippen molar-refractivity contribution in [3.63, 3.8) is 0 Å². The van der Waals surface area contributed by atoms with Crippen LogP contribution in [0.1, 0.15) is 30.4 Å². The standard InChI is InChI=1S/C17H18/c1-3-13-9-11-17(15(13)4-2)12-10-14-7-5-6-8-16(14)17/h3-8H,1-2,9-12H2. The van der Waals surface area contributed by atoms with Crippen molar-refractivity contribution in [2.75, 3.05) is 0 Å². The Balaban J connectivity index is 2.20. The van der Waals surface area contributed by atoms with E-state index in [1.165, 1.54) is 41.5 Å². The second-order valence-electron chi connectivity index (χ2n) is 5.09. The van der Waals surface area contributed by atoms with Crippen molar-refractivity contribution >= 4 is 0 Å². The molecule has 17 heavy (non-hydrogen) atoms. The van der Waals surface area contributed by atoms with Crippen molar-refractivity contribution in [2.24, 2.45) is 0 Å². The highest BCUT2D eigenvalue weighted by molar-refractivity contribution is 5.55. The van der Waals surface area contributed by atoms with Gasteiger partial charge in [0.15, 0.2) is 0 Å². The number of hydrogen-bond acceptors (Lipinski definition) is 0. The van der Waals surface area contributed by atoms with Crippen LogP contribution in [0.2, 0.25) is 0 Å². The summed E-state index contributed by atoms with van der Waals surface area (Å²) < 4.78 is 0. The molecule has 0 aromatic heterocycles. The van der Waals surface area contributed by atoms with E-state index in [9.17, 15) is 0 Å². The zero-order valence-electron chi connectivity index (χ0n) is 10.2. The lowest BCUT2D eigenvalue weighted by Gasteiger charge is -2.27. The fourth-order valence-corrected chi connectivity index (χ4v) is 3.69. The molecule has 1 spiro atoms. The average molecular weight is 222 g/mol. The SMILES string of the molecule is C=CC1=C(C=C)C2(CC1)CCc1ccccc12. The van der Waals surface area contributed by atoms with Gasteiger partial charge in [0, 0.05) is 5.41 Å². The molecule has 2 aliphatic rings. The molecule has 1 aromatic rings. The van der Waals surface area contributed by atoms with Crippen LogP contribution in [0.25, 0.3) is 0 Å². The molecule has 1 atom stereocenters. The molecule has 3 rings (SSSR count). The number of fused-ring (bicyclic) bond motifs is 2. The summed E-state index contributed by atoms with van der Waals surface area (Å²) in [6.45, 7) is 7.97. The molecular weight excluding hydrogens is 204 g/mol. The van der Waals surface area contributed by atoms with Gasteiger partial charge < -0.3 is 0 Å². The average Bonchev–Trinajstić information content (AvgIpc) is 2.93. The second kappa shape index (κ2) is 3.73. The zero-order chi connectivity index (χ0) is 11.9. The van der Waals surface area contributed by atoms with Gasteiger partial charge in [0.05, 0.1) is 0 Å². The van der Waals surface area contributed by atoms with Gasteiger partial charge in [-0.1, -0.05) is 49.6 Å². The predicted molar refractivity (Wildman–Crippen MR) is 73.1 cm³/mol. The predicted octanol–water partition coefficient (Wildman–Crippen LogP) is 4.33. The third kappa shape index (κ3) is 1.30. The van der Waals surface area contributed by atoms with E-state index in [0.29, 0.717) is 0 Å². The Morgan fingerprint density at radius 1 is 1.00 bits per heavy atom. The van der Waals surface area contributed by atoms with E-state index >= 15 is 0 Å². The monoisotopic (exact) mass is 222 g/mol. The minimum absolute atomic E-state index is 0.252. The van der Waals surface area contributed by atoms with Gasteiger partial charge in [0.2, 0.25) is 0 Å². The van der Waals surface area contributed by atoms with Gasteiger partial charge in [0.25, 0.3) is 0 Å². The minimum Gasteiger partial charge on any atom is -0.0988 e. The maximum atomic E-state index is 4.03. The van der Waals surface area contributed by atoms with Crippen LogP contribution in [-0.2, 0) is 11.8 Å². The Bertz CT molecular complexity index is 519. The van der Waals surface area contributed by atoms with Crippen molar-refractivity contribution in [3.05, 3.63) is 71.8 Å². The molecule has 0 heteroatoms. The third-order valence-electron chi connectivity index (χ3n) is 4.49. The summed E-state index contributed by atoms with van der Waals surface area (Å²) in [5.41, 5.74) is 6.14. The van der Waals surface area contributed by atoms with Crippen molar-refractivity contribution in [1.29, 1.82) is 0 Å². The van der Waals surface area contributed by atoms with Gasteiger partial charge in [-0.3, -0.25) is 0 Å². The Morgan fingerprint density at radius 2 is 1.76 bits per heavy atom. The quantitative estimate of drug-likeness (QED) is 0.698. The molecule has 0 bridgehead atoms. The Morgan fingerprint density at radius 3 is 2.53 bits per heavy atom. The molecule has 0 aliphatic heterocycles. The normalized spacial score (nSPS) is 26.4. The first-order valence-electron chi connectivity index (χ1n) is 6.39. The molecule has 0 saturated carbocycles. The van der Waals surface area contributed by atoms with E-state index in [0.717, 1.165) is 6.42 Å². The molecule has 1 unspecified atom stereocenters. The van der Waals surface area contributed by atoms with E-state index in [1.54, 1.807) is 0 Å². The largest absolute Gasteiger partial charge is 0.0988 e. The molecule has 0 radical (unpaired) electrons. The number of rotatable bonds is 2. The molecule has 1 aromatic carbocycles. The maximum Gasteiger partial charge on any atom is 0.0214 e. The summed E-state index contributed by atoms with van der Waals surface area (Å²) >= 11 is 0. The van der Waals surface area contributed by atoms with Gasteiger partial charge in [-0.25, -0.2) is 0 Å².